The highest BCUT2D eigenvalue weighted by Gasteiger charge is 2.20. The van der Waals surface area contributed by atoms with Gasteiger partial charge in [-0.2, -0.15) is 4.98 Å². The van der Waals surface area contributed by atoms with E-state index in [0.717, 1.165) is 4.88 Å². The fourth-order valence-electron chi connectivity index (χ4n) is 2.50. The molecule has 0 unspecified atom stereocenters. The first kappa shape index (κ1) is 19.8. The van der Waals surface area contributed by atoms with Gasteiger partial charge in [-0.05, 0) is 49.6 Å². The lowest BCUT2D eigenvalue weighted by Gasteiger charge is -2.12. The van der Waals surface area contributed by atoms with Gasteiger partial charge in [-0.25, -0.2) is 0 Å². The molecule has 0 fully saturated rings. The smallest absolute Gasteiger partial charge is 0.307 e. The Hall–Kier alpha value is -3.00. The van der Waals surface area contributed by atoms with Crippen LogP contribution in [0, 0.1) is 0 Å². The molecule has 0 radical (unpaired) electrons. The van der Waals surface area contributed by atoms with Crippen molar-refractivity contribution >= 4 is 23.1 Å². The SMILES string of the molecule is CCOc1ccc(C(=O)[C@H](C)OC(=O)CCc2nc(-c3cccs3)no2)cc1. The Morgan fingerprint density at radius 1 is 1.21 bits per heavy atom. The number of hydrogen-bond donors (Lipinski definition) is 0. The monoisotopic (exact) mass is 400 g/mol. The third kappa shape index (κ3) is 5.04. The molecule has 28 heavy (non-hydrogen) atoms. The summed E-state index contributed by atoms with van der Waals surface area (Å²) >= 11 is 1.50. The predicted molar refractivity (Wildman–Crippen MR) is 103 cm³/mol. The summed E-state index contributed by atoms with van der Waals surface area (Å²) in [7, 11) is 0. The molecular weight excluding hydrogens is 380 g/mol. The largest absolute Gasteiger partial charge is 0.494 e. The van der Waals surface area contributed by atoms with E-state index in [9.17, 15) is 9.59 Å². The quantitative estimate of drug-likeness (QED) is 0.397. The normalized spacial score (nSPS) is 11.8. The topological polar surface area (TPSA) is 91.5 Å². The lowest BCUT2D eigenvalue weighted by atomic mass is 10.1. The number of rotatable bonds is 9. The standard InChI is InChI=1S/C20H20N2O5S/c1-3-25-15-8-6-14(7-9-15)19(24)13(2)26-18(23)11-10-17-21-20(22-27-17)16-5-4-12-28-16/h4-9,12-13H,3,10-11H2,1-2H3/t13-/m0/s1. The van der Waals surface area contributed by atoms with E-state index in [1.807, 2.05) is 24.4 Å². The molecular formula is C20H20N2O5S. The van der Waals surface area contributed by atoms with Gasteiger partial charge >= 0.3 is 5.97 Å². The van der Waals surface area contributed by atoms with Gasteiger partial charge in [-0.3, -0.25) is 9.59 Å². The maximum atomic E-state index is 12.4. The third-order valence-corrected chi connectivity index (χ3v) is 4.75. The first-order valence-corrected chi connectivity index (χ1v) is 9.77. The van der Waals surface area contributed by atoms with Crippen LogP contribution in [0.15, 0.2) is 46.3 Å². The average Bonchev–Trinajstić information content (AvgIpc) is 3.38. The zero-order chi connectivity index (χ0) is 19.9. The number of Topliss-reactive ketones (excluding diaryl/α,β-unsaturated/α-hetero) is 1. The van der Waals surface area contributed by atoms with Crippen molar-refractivity contribution in [3.8, 4) is 16.5 Å². The van der Waals surface area contributed by atoms with E-state index in [2.05, 4.69) is 10.1 Å². The molecule has 0 aliphatic heterocycles. The van der Waals surface area contributed by atoms with Gasteiger partial charge < -0.3 is 14.0 Å². The number of carbonyl (C=O) groups is 2. The van der Waals surface area contributed by atoms with E-state index < -0.39 is 12.1 Å². The van der Waals surface area contributed by atoms with Gasteiger partial charge in [0.15, 0.2) is 6.10 Å². The second kappa shape index (κ2) is 9.27. The number of esters is 1. The third-order valence-electron chi connectivity index (χ3n) is 3.88. The molecule has 8 heteroatoms. The number of carbonyl (C=O) groups excluding carboxylic acids is 2. The molecule has 1 aromatic carbocycles. The minimum absolute atomic E-state index is 0.0486. The zero-order valence-corrected chi connectivity index (χ0v) is 16.4. The van der Waals surface area contributed by atoms with Crippen LogP contribution in [0.5, 0.6) is 5.75 Å². The van der Waals surface area contributed by atoms with Crippen molar-refractivity contribution in [2.45, 2.75) is 32.8 Å². The first-order valence-electron chi connectivity index (χ1n) is 8.90. The number of hydrogen-bond acceptors (Lipinski definition) is 8. The summed E-state index contributed by atoms with van der Waals surface area (Å²) in [6, 6.07) is 10.5. The van der Waals surface area contributed by atoms with Crippen molar-refractivity contribution in [1.29, 1.82) is 0 Å². The summed E-state index contributed by atoms with van der Waals surface area (Å²) in [5, 5.41) is 5.82. The molecule has 3 aromatic rings. The fourth-order valence-corrected chi connectivity index (χ4v) is 3.15. The highest BCUT2D eigenvalue weighted by molar-refractivity contribution is 7.13. The van der Waals surface area contributed by atoms with E-state index in [1.54, 1.807) is 31.2 Å². The van der Waals surface area contributed by atoms with Crippen LogP contribution in [0.2, 0.25) is 0 Å². The summed E-state index contributed by atoms with van der Waals surface area (Å²) in [6.45, 7) is 3.99. The lowest BCUT2D eigenvalue weighted by Crippen LogP contribution is -2.24. The minimum atomic E-state index is -0.880. The Morgan fingerprint density at radius 2 is 2.00 bits per heavy atom. The summed E-state index contributed by atoms with van der Waals surface area (Å²) in [6.07, 6.45) is -0.580. The van der Waals surface area contributed by atoms with Crippen LogP contribution < -0.4 is 4.74 Å². The molecule has 0 bridgehead atoms. The van der Waals surface area contributed by atoms with Gasteiger partial charge in [-0.15, -0.1) is 11.3 Å². The molecule has 1 atom stereocenters. The van der Waals surface area contributed by atoms with Crippen LogP contribution in [0.4, 0.5) is 0 Å². The van der Waals surface area contributed by atoms with Crippen molar-refractivity contribution in [2.24, 2.45) is 0 Å². The molecule has 2 heterocycles. The van der Waals surface area contributed by atoms with E-state index >= 15 is 0 Å². The molecule has 0 amide bonds. The number of ether oxygens (including phenoxy) is 2. The second-order valence-electron chi connectivity index (χ2n) is 5.94. The summed E-state index contributed by atoms with van der Waals surface area (Å²) in [5.74, 6) is 0.769. The maximum absolute atomic E-state index is 12.4. The van der Waals surface area contributed by atoms with Crippen LogP contribution in [0.3, 0.4) is 0 Å². The summed E-state index contributed by atoms with van der Waals surface area (Å²) < 4.78 is 15.7. The highest BCUT2D eigenvalue weighted by Crippen LogP contribution is 2.21. The van der Waals surface area contributed by atoms with Crippen molar-refractivity contribution in [2.75, 3.05) is 6.61 Å². The molecule has 146 valence electrons. The molecule has 0 N–H and O–H groups in total. The Morgan fingerprint density at radius 3 is 2.68 bits per heavy atom. The van der Waals surface area contributed by atoms with Crippen molar-refractivity contribution < 1.29 is 23.6 Å². The van der Waals surface area contributed by atoms with Crippen molar-refractivity contribution in [3.05, 3.63) is 53.2 Å². The second-order valence-corrected chi connectivity index (χ2v) is 6.89. The maximum Gasteiger partial charge on any atom is 0.307 e. The van der Waals surface area contributed by atoms with Crippen molar-refractivity contribution in [3.63, 3.8) is 0 Å². The number of benzene rings is 1. The van der Waals surface area contributed by atoms with Gasteiger partial charge in [0.05, 0.1) is 17.9 Å². The van der Waals surface area contributed by atoms with E-state index in [0.29, 0.717) is 29.6 Å². The summed E-state index contributed by atoms with van der Waals surface area (Å²) in [4.78, 5) is 29.6. The van der Waals surface area contributed by atoms with E-state index in [4.69, 9.17) is 14.0 Å². The molecule has 0 spiro atoms. The van der Waals surface area contributed by atoms with Crippen molar-refractivity contribution in [1.82, 2.24) is 10.1 Å². The number of ketones is 1. The average molecular weight is 400 g/mol. The Balaban J connectivity index is 1.49. The van der Waals surface area contributed by atoms with E-state index in [1.165, 1.54) is 11.3 Å². The molecule has 2 aromatic heterocycles. The van der Waals surface area contributed by atoms with Gasteiger partial charge in [0.25, 0.3) is 0 Å². The molecule has 0 saturated carbocycles. The highest BCUT2D eigenvalue weighted by atomic mass is 32.1. The van der Waals surface area contributed by atoms with Gasteiger partial charge in [-0.1, -0.05) is 11.2 Å². The van der Waals surface area contributed by atoms with E-state index in [-0.39, 0.29) is 18.6 Å². The summed E-state index contributed by atoms with van der Waals surface area (Å²) in [5.41, 5.74) is 0.459. The molecule has 0 aliphatic carbocycles. The van der Waals surface area contributed by atoms with Gasteiger partial charge in [0, 0.05) is 12.0 Å². The minimum Gasteiger partial charge on any atom is -0.494 e. The Kier molecular flexibility index (Phi) is 6.54. The Labute approximate surface area is 166 Å². The molecule has 0 saturated heterocycles. The zero-order valence-electron chi connectivity index (χ0n) is 15.6. The number of nitrogens with zero attached hydrogens (tertiary/aromatic N) is 2. The van der Waals surface area contributed by atoms with Crippen LogP contribution in [-0.2, 0) is 16.0 Å². The Bertz CT molecular complexity index is 918. The molecule has 7 nitrogen and oxygen atoms in total. The molecule has 0 aliphatic rings. The van der Waals surface area contributed by atoms with Crippen LogP contribution in [-0.4, -0.2) is 34.6 Å². The number of thiophene rings is 1. The van der Waals surface area contributed by atoms with Crippen LogP contribution in [0.25, 0.3) is 10.7 Å². The fraction of sp³-hybridized carbons (Fsp3) is 0.300. The van der Waals surface area contributed by atoms with Crippen LogP contribution >= 0.6 is 11.3 Å². The van der Waals surface area contributed by atoms with Crippen LogP contribution in [0.1, 0.15) is 36.5 Å². The van der Waals surface area contributed by atoms with Gasteiger partial charge in [0.2, 0.25) is 17.5 Å². The first-order chi connectivity index (χ1) is 13.6. The lowest BCUT2D eigenvalue weighted by molar-refractivity contribution is -0.146. The van der Waals surface area contributed by atoms with Gasteiger partial charge in [0.1, 0.15) is 5.75 Å². The molecule has 3 rings (SSSR count). The number of aromatic nitrogens is 2. The number of aryl methyl sites for hydroxylation is 1. The predicted octanol–water partition coefficient (Wildman–Crippen LogP) is 3.94.